The third-order valence-electron chi connectivity index (χ3n) is 2.08. The topological polar surface area (TPSA) is 60.2 Å². The van der Waals surface area contributed by atoms with Gasteiger partial charge in [0.2, 0.25) is 5.89 Å². The molecule has 0 aliphatic heterocycles. The lowest BCUT2D eigenvalue weighted by atomic mass is 10.3. The minimum Gasteiger partial charge on any atom is -0.384 e. The zero-order valence-electron chi connectivity index (χ0n) is 9.62. The molecule has 5 heteroatoms. The van der Waals surface area contributed by atoms with Gasteiger partial charge in [0.1, 0.15) is 0 Å². The van der Waals surface area contributed by atoms with Crippen LogP contribution in [0.2, 0.25) is 0 Å². The molecule has 86 valence electrons. The van der Waals surface area contributed by atoms with Gasteiger partial charge in [-0.25, -0.2) is 0 Å². The van der Waals surface area contributed by atoms with Crippen molar-refractivity contribution in [1.29, 1.82) is 0 Å². The van der Waals surface area contributed by atoms with E-state index in [1.54, 1.807) is 7.11 Å². The molecule has 0 aliphatic carbocycles. The van der Waals surface area contributed by atoms with E-state index in [4.69, 9.17) is 9.26 Å². The van der Waals surface area contributed by atoms with Crippen LogP contribution >= 0.6 is 0 Å². The molecule has 0 bridgehead atoms. The van der Waals surface area contributed by atoms with E-state index in [2.05, 4.69) is 22.4 Å². The second-order valence-corrected chi connectivity index (χ2v) is 3.47. The van der Waals surface area contributed by atoms with Gasteiger partial charge in [0.25, 0.3) is 0 Å². The summed E-state index contributed by atoms with van der Waals surface area (Å²) in [5.41, 5.74) is 0. The minimum atomic E-state index is 0.119. The summed E-state index contributed by atoms with van der Waals surface area (Å²) in [6.45, 7) is 5.72. The van der Waals surface area contributed by atoms with E-state index < -0.39 is 0 Å². The fourth-order valence-electron chi connectivity index (χ4n) is 1.19. The lowest BCUT2D eigenvalue weighted by Gasteiger charge is -2.06. The van der Waals surface area contributed by atoms with Crippen LogP contribution in [0.25, 0.3) is 0 Å². The summed E-state index contributed by atoms with van der Waals surface area (Å²) in [6, 6.07) is 0.119. The number of rotatable bonds is 7. The normalized spacial score (nSPS) is 13.0. The fraction of sp³-hybridized carbons (Fsp3) is 0.800. The monoisotopic (exact) mass is 213 g/mol. The molecule has 0 fully saturated rings. The first-order valence-electron chi connectivity index (χ1n) is 5.32. The SMILES string of the molecule is CCCNC(C)c1nc(CCOC)no1. The van der Waals surface area contributed by atoms with Gasteiger partial charge in [-0.05, 0) is 19.9 Å². The van der Waals surface area contributed by atoms with E-state index in [0.29, 0.717) is 24.7 Å². The van der Waals surface area contributed by atoms with Crippen LogP contribution in [-0.2, 0) is 11.2 Å². The van der Waals surface area contributed by atoms with Gasteiger partial charge in [-0.2, -0.15) is 4.98 Å². The van der Waals surface area contributed by atoms with Gasteiger partial charge in [0, 0.05) is 13.5 Å². The van der Waals surface area contributed by atoms with Crippen molar-refractivity contribution < 1.29 is 9.26 Å². The highest BCUT2D eigenvalue weighted by atomic mass is 16.5. The molecule has 0 aromatic carbocycles. The first-order valence-corrected chi connectivity index (χ1v) is 5.32. The molecular formula is C10H19N3O2. The number of nitrogens with zero attached hydrogens (tertiary/aromatic N) is 2. The summed E-state index contributed by atoms with van der Waals surface area (Å²) in [4.78, 5) is 4.28. The maximum atomic E-state index is 5.14. The van der Waals surface area contributed by atoms with Crippen molar-refractivity contribution in [3.8, 4) is 0 Å². The summed E-state index contributed by atoms with van der Waals surface area (Å²) >= 11 is 0. The highest BCUT2D eigenvalue weighted by Crippen LogP contribution is 2.09. The average Bonchev–Trinajstić information content (AvgIpc) is 2.71. The van der Waals surface area contributed by atoms with Crippen LogP contribution in [0.1, 0.15) is 38.0 Å². The highest BCUT2D eigenvalue weighted by molar-refractivity contribution is 4.91. The lowest BCUT2D eigenvalue weighted by Crippen LogP contribution is -2.19. The van der Waals surface area contributed by atoms with E-state index in [9.17, 15) is 0 Å². The summed E-state index contributed by atoms with van der Waals surface area (Å²) in [5.74, 6) is 1.35. The van der Waals surface area contributed by atoms with Gasteiger partial charge in [-0.1, -0.05) is 12.1 Å². The average molecular weight is 213 g/mol. The Morgan fingerprint density at radius 2 is 2.33 bits per heavy atom. The van der Waals surface area contributed by atoms with Crippen LogP contribution in [0.3, 0.4) is 0 Å². The van der Waals surface area contributed by atoms with E-state index in [1.165, 1.54) is 0 Å². The van der Waals surface area contributed by atoms with Gasteiger partial charge in [0.15, 0.2) is 5.82 Å². The van der Waals surface area contributed by atoms with Crippen molar-refractivity contribution in [2.45, 2.75) is 32.7 Å². The first-order chi connectivity index (χ1) is 7.27. The van der Waals surface area contributed by atoms with Crippen molar-refractivity contribution in [3.63, 3.8) is 0 Å². The third kappa shape index (κ3) is 3.97. The van der Waals surface area contributed by atoms with E-state index >= 15 is 0 Å². The molecule has 1 aromatic heterocycles. The van der Waals surface area contributed by atoms with Crippen molar-refractivity contribution >= 4 is 0 Å². The Morgan fingerprint density at radius 1 is 1.53 bits per heavy atom. The molecule has 0 radical (unpaired) electrons. The van der Waals surface area contributed by atoms with Crippen LogP contribution < -0.4 is 5.32 Å². The Morgan fingerprint density at radius 3 is 3.00 bits per heavy atom. The van der Waals surface area contributed by atoms with Crippen LogP contribution in [0.5, 0.6) is 0 Å². The molecule has 1 N–H and O–H groups in total. The third-order valence-corrected chi connectivity index (χ3v) is 2.08. The molecule has 1 atom stereocenters. The van der Waals surface area contributed by atoms with Crippen LogP contribution in [0, 0.1) is 0 Å². The standard InChI is InChI=1S/C10H19N3O2/c1-4-6-11-8(2)10-12-9(13-15-10)5-7-14-3/h8,11H,4-7H2,1-3H3. The molecule has 1 unspecified atom stereocenters. The maximum absolute atomic E-state index is 5.14. The fourth-order valence-corrected chi connectivity index (χ4v) is 1.19. The van der Waals surface area contributed by atoms with E-state index in [-0.39, 0.29) is 6.04 Å². The van der Waals surface area contributed by atoms with Gasteiger partial charge in [-0.15, -0.1) is 0 Å². The molecule has 0 spiro atoms. The molecule has 1 rings (SSSR count). The predicted molar refractivity (Wildman–Crippen MR) is 56.6 cm³/mol. The minimum absolute atomic E-state index is 0.119. The Labute approximate surface area is 90.2 Å². The van der Waals surface area contributed by atoms with Gasteiger partial charge in [0.05, 0.1) is 12.6 Å². The first kappa shape index (κ1) is 12.1. The van der Waals surface area contributed by atoms with Crippen molar-refractivity contribution in [2.24, 2.45) is 0 Å². The predicted octanol–water partition coefficient (Wildman–Crippen LogP) is 1.32. The number of hydrogen-bond acceptors (Lipinski definition) is 5. The maximum Gasteiger partial charge on any atom is 0.243 e. The van der Waals surface area contributed by atoms with Crippen LogP contribution in [0.4, 0.5) is 0 Å². The van der Waals surface area contributed by atoms with Gasteiger partial charge >= 0.3 is 0 Å². The number of nitrogens with one attached hydrogen (secondary N) is 1. The Hall–Kier alpha value is -0.940. The number of ether oxygens (including phenoxy) is 1. The second-order valence-electron chi connectivity index (χ2n) is 3.47. The molecule has 1 heterocycles. The number of hydrogen-bond donors (Lipinski definition) is 1. The summed E-state index contributed by atoms with van der Waals surface area (Å²) in [5, 5.41) is 7.17. The molecule has 0 saturated carbocycles. The molecule has 15 heavy (non-hydrogen) atoms. The zero-order valence-corrected chi connectivity index (χ0v) is 9.62. The highest BCUT2D eigenvalue weighted by Gasteiger charge is 2.12. The molecule has 5 nitrogen and oxygen atoms in total. The largest absolute Gasteiger partial charge is 0.384 e. The lowest BCUT2D eigenvalue weighted by molar-refractivity contribution is 0.199. The molecule has 0 aliphatic rings. The van der Waals surface area contributed by atoms with Gasteiger partial charge in [-0.3, -0.25) is 0 Å². The van der Waals surface area contributed by atoms with Crippen molar-refractivity contribution in [2.75, 3.05) is 20.3 Å². The Balaban J connectivity index is 2.43. The van der Waals surface area contributed by atoms with E-state index in [0.717, 1.165) is 13.0 Å². The van der Waals surface area contributed by atoms with Gasteiger partial charge < -0.3 is 14.6 Å². The Bertz CT molecular complexity index is 275. The molecule has 0 amide bonds. The Kier molecular flexibility index (Phi) is 5.28. The summed E-state index contributed by atoms with van der Waals surface area (Å²) < 4.78 is 10.1. The van der Waals surface area contributed by atoms with E-state index in [1.807, 2.05) is 6.92 Å². The molecule has 0 saturated heterocycles. The molecular weight excluding hydrogens is 194 g/mol. The zero-order chi connectivity index (χ0) is 11.1. The van der Waals surface area contributed by atoms with Crippen molar-refractivity contribution in [1.82, 2.24) is 15.5 Å². The smallest absolute Gasteiger partial charge is 0.243 e. The van der Waals surface area contributed by atoms with Crippen LogP contribution in [-0.4, -0.2) is 30.4 Å². The number of aromatic nitrogens is 2. The summed E-state index contributed by atoms with van der Waals surface area (Å²) in [6.07, 6.45) is 1.79. The molecule has 1 aromatic rings. The quantitative estimate of drug-likeness (QED) is 0.740. The second kappa shape index (κ2) is 6.53. The van der Waals surface area contributed by atoms with Crippen molar-refractivity contribution in [3.05, 3.63) is 11.7 Å². The van der Waals surface area contributed by atoms with Crippen LogP contribution in [0.15, 0.2) is 4.52 Å². The summed E-state index contributed by atoms with van der Waals surface area (Å²) in [7, 11) is 1.66. The number of methoxy groups -OCH3 is 1.